The number of rotatable bonds is 6. The van der Waals surface area contributed by atoms with Crippen molar-refractivity contribution in [2.45, 2.75) is 38.8 Å². The van der Waals surface area contributed by atoms with Crippen molar-refractivity contribution in [3.8, 4) is 0 Å². The Kier molecular flexibility index (Phi) is 5.15. The molecule has 1 amide bonds. The van der Waals surface area contributed by atoms with Gasteiger partial charge in [-0.1, -0.05) is 19.8 Å². The molecule has 2 N–H and O–H groups in total. The van der Waals surface area contributed by atoms with Crippen LogP contribution < -0.4 is 5.73 Å². The number of nitrogens with zero attached hydrogens (tertiary/aromatic N) is 3. The lowest BCUT2D eigenvalue weighted by atomic mass is 10.1. The first-order valence-electron chi connectivity index (χ1n) is 6.02. The van der Waals surface area contributed by atoms with E-state index in [4.69, 9.17) is 5.73 Å². The number of carbonyl (C=O) groups is 1. The number of unbranched alkanes of at least 4 members (excludes halogenated alkanes) is 1. The summed E-state index contributed by atoms with van der Waals surface area (Å²) in [6.07, 6.45) is 6.48. The number of aryl methyl sites for hydroxylation is 1. The van der Waals surface area contributed by atoms with Crippen molar-refractivity contribution in [3.05, 3.63) is 18.0 Å². The summed E-state index contributed by atoms with van der Waals surface area (Å²) >= 11 is 0. The Morgan fingerprint density at radius 3 is 2.88 bits per heavy atom. The van der Waals surface area contributed by atoms with E-state index in [1.54, 1.807) is 22.8 Å². The summed E-state index contributed by atoms with van der Waals surface area (Å²) < 4.78 is 1.73. The molecule has 1 aromatic rings. The Bertz CT molecular complexity index is 361. The topological polar surface area (TPSA) is 64.2 Å². The summed E-state index contributed by atoms with van der Waals surface area (Å²) in [5, 5.41) is 4.07. The zero-order valence-corrected chi connectivity index (χ0v) is 10.9. The summed E-state index contributed by atoms with van der Waals surface area (Å²) in [5.74, 6) is 0.00213. The lowest BCUT2D eigenvalue weighted by Gasteiger charge is -2.20. The van der Waals surface area contributed by atoms with Crippen LogP contribution in [0.5, 0.6) is 0 Å². The van der Waals surface area contributed by atoms with E-state index in [1.165, 1.54) is 0 Å². The molecule has 1 aromatic heterocycles. The highest BCUT2D eigenvalue weighted by Gasteiger charge is 2.17. The molecule has 0 fully saturated rings. The number of aromatic nitrogens is 2. The van der Waals surface area contributed by atoms with Gasteiger partial charge < -0.3 is 10.6 Å². The average Bonchev–Trinajstić information content (AvgIpc) is 2.70. The van der Waals surface area contributed by atoms with Gasteiger partial charge in [-0.15, -0.1) is 0 Å². The van der Waals surface area contributed by atoms with E-state index >= 15 is 0 Å². The Labute approximate surface area is 103 Å². The molecule has 5 nitrogen and oxygen atoms in total. The SMILES string of the molecule is CCCCC(N)C(=O)N(C)Cc1cnn(C)c1. The van der Waals surface area contributed by atoms with Gasteiger partial charge in [0, 0.05) is 32.4 Å². The average molecular weight is 238 g/mol. The van der Waals surface area contributed by atoms with E-state index in [-0.39, 0.29) is 11.9 Å². The molecule has 1 rings (SSSR count). The number of nitrogens with two attached hydrogens (primary N) is 1. The van der Waals surface area contributed by atoms with Gasteiger partial charge in [0.05, 0.1) is 12.2 Å². The van der Waals surface area contributed by atoms with Gasteiger partial charge in [-0.25, -0.2) is 0 Å². The van der Waals surface area contributed by atoms with Crippen LogP contribution in [0.4, 0.5) is 0 Å². The van der Waals surface area contributed by atoms with Crippen molar-refractivity contribution in [2.75, 3.05) is 7.05 Å². The molecule has 0 aliphatic carbocycles. The van der Waals surface area contributed by atoms with E-state index in [1.807, 2.05) is 13.2 Å². The molecular weight excluding hydrogens is 216 g/mol. The normalized spacial score (nSPS) is 12.5. The maximum absolute atomic E-state index is 11.9. The van der Waals surface area contributed by atoms with Gasteiger partial charge in [-0.3, -0.25) is 9.48 Å². The second kappa shape index (κ2) is 6.39. The van der Waals surface area contributed by atoms with E-state index in [0.717, 1.165) is 24.8 Å². The molecule has 1 unspecified atom stereocenters. The molecule has 1 atom stereocenters. The first kappa shape index (κ1) is 13.7. The van der Waals surface area contributed by atoms with Crippen molar-refractivity contribution in [1.82, 2.24) is 14.7 Å². The van der Waals surface area contributed by atoms with Crippen molar-refractivity contribution in [2.24, 2.45) is 12.8 Å². The predicted molar refractivity (Wildman–Crippen MR) is 67.2 cm³/mol. The first-order chi connectivity index (χ1) is 8.04. The van der Waals surface area contributed by atoms with Crippen LogP contribution in [0.1, 0.15) is 31.7 Å². The molecule has 17 heavy (non-hydrogen) atoms. The Hall–Kier alpha value is -1.36. The quantitative estimate of drug-likeness (QED) is 0.800. The van der Waals surface area contributed by atoms with Crippen LogP contribution in [0.2, 0.25) is 0 Å². The van der Waals surface area contributed by atoms with Gasteiger partial charge in [0.25, 0.3) is 0 Å². The van der Waals surface area contributed by atoms with Crippen LogP contribution >= 0.6 is 0 Å². The highest BCUT2D eigenvalue weighted by molar-refractivity contribution is 5.81. The molecule has 96 valence electrons. The van der Waals surface area contributed by atoms with Crippen LogP contribution in [0.3, 0.4) is 0 Å². The second-order valence-corrected chi connectivity index (χ2v) is 4.47. The molecule has 1 heterocycles. The lowest BCUT2D eigenvalue weighted by molar-refractivity contribution is -0.132. The predicted octanol–water partition coefficient (Wildman–Crippen LogP) is 0.896. The Balaban J connectivity index is 2.46. The van der Waals surface area contributed by atoms with Crippen molar-refractivity contribution < 1.29 is 4.79 Å². The Morgan fingerprint density at radius 2 is 2.35 bits per heavy atom. The molecule has 0 bridgehead atoms. The minimum atomic E-state index is -0.378. The highest BCUT2D eigenvalue weighted by Crippen LogP contribution is 2.05. The minimum Gasteiger partial charge on any atom is -0.340 e. The van der Waals surface area contributed by atoms with Crippen LogP contribution in [0.15, 0.2) is 12.4 Å². The standard InChI is InChI=1S/C12H22N4O/c1-4-5-6-11(13)12(17)15(2)8-10-7-14-16(3)9-10/h7,9,11H,4-6,8,13H2,1-3H3. The second-order valence-electron chi connectivity index (χ2n) is 4.47. The molecule has 0 saturated heterocycles. The monoisotopic (exact) mass is 238 g/mol. The Morgan fingerprint density at radius 1 is 1.65 bits per heavy atom. The summed E-state index contributed by atoms with van der Waals surface area (Å²) in [6.45, 7) is 2.66. The molecule has 0 aromatic carbocycles. The fourth-order valence-electron chi connectivity index (χ4n) is 1.74. The van der Waals surface area contributed by atoms with Crippen molar-refractivity contribution in [3.63, 3.8) is 0 Å². The largest absolute Gasteiger partial charge is 0.340 e. The van der Waals surface area contributed by atoms with Gasteiger partial charge in [0.2, 0.25) is 5.91 Å². The lowest BCUT2D eigenvalue weighted by Crippen LogP contribution is -2.41. The number of amides is 1. The van der Waals surface area contributed by atoms with E-state index in [2.05, 4.69) is 12.0 Å². The maximum atomic E-state index is 11.9. The summed E-state index contributed by atoms with van der Waals surface area (Å²) in [7, 11) is 3.64. The van der Waals surface area contributed by atoms with E-state index < -0.39 is 0 Å². The van der Waals surface area contributed by atoms with Crippen LogP contribution in [-0.4, -0.2) is 33.7 Å². The highest BCUT2D eigenvalue weighted by atomic mass is 16.2. The zero-order chi connectivity index (χ0) is 12.8. The molecular formula is C12H22N4O. The summed E-state index contributed by atoms with van der Waals surface area (Å²) in [4.78, 5) is 13.6. The molecule has 0 radical (unpaired) electrons. The van der Waals surface area contributed by atoms with Crippen LogP contribution in [-0.2, 0) is 18.4 Å². The number of hydrogen-bond acceptors (Lipinski definition) is 3. The van der Waals surface area contributed by atoms with Crippen molar-refractivity contribution in [1.29, 1.82) is 0 Å². The summed E-state index contributed by atoms with van der Waals surface area (Å²) in [5.41, 5.74) is 6.87. The van der Waals surface area contributed by atoms with E-state index in [9.17, 15) is 4.79 Å². The molecule has 0 spiro atoms. The van der Waals surface area contributed by atoms with Crippen molar-refractivity contribution >= 4 is 5.91 Å². The number of carbonyl (C=O) groups excluding carboxylic acids is 1. The van der Waals surface area contributed by atoms with Gasteiger partial charge in [-0.2, -0.15) is 5.10 Å². The zero-order valence-electron chi connectivity index (χ0n) is 10.9. The third-order valence-electron chi connectivity index (χ3n) is 2.74. The smallest absolute Gasteiger partial charge is 0.239 e. The van der Waals surface area contributed by atoms with Gasteiger partial charge in [0.15, 0.2) is 0 Å². The molecule has 0 aliphatic rings. The minimum absolute atomic E-state index is 0.00213. The van der Waals surface area contributed by atoms with E-state index in [0.29, 0.717) is 6.54 Å². The van der Waals surface area contributed by atoms with Gasteiger partial charge in [-0.05, 0) is 6.42 Å². The fraction of sp³-hybridized carbons (Fsp3) is 0.667. The molecule has 5 heteroatoms. The number of hydrogen-bond donors (Lipinski definition) is 1. The van der Waals surface area contributed by atoms with Gasteiger partial charge >= 0.3 is 0 Å². The maximum Gasteiger partial charge on any atom is 0.239 e. The summed E-state index contributed by atoms with van der Waals surface area (Å²) in [6, 6.07) is -0.378. The van der Waals surface area contributed by atoms with Crippen LogP contribution in [0, 0.1) is 0 Å². The third-order valence-corrected chi connectivity index (χ3v) is 2.74. The molecule has 0 aliphatic heterocycles. The van der Waals surface area contributed by atoms with Gasteiger partial charge in [0.1, 0.15) is 0 Å². The van der Waals surface area contributed by atoms with Crippen LogP contribution in [0.25, 0.3) is 0 Å². The first-order valence-corrected chi connectivity index (χ1v) is 6.02. The third kappa shape index (κ3) is 4.19. The fourth-order valence-corrected chi connectivity index (χ4v) is 1.74. The number of likely N-dealkylation sites (N-methyl/N-ethyl adjacent to an activating group) is 1. The molecule has 0 saturated carbocycles.